The molecule has 0 amide bonds. The normalized spacial score (nSPS) is 11.0. The van der Waals surface area contributed by atoms with Crippen LogP contribution in [0, 0.1) is 0 Å². The Morgan fingerprint density at radius 1 is 1.17 bits per heavy atom. The molecular formula is C18H20ClN3O2. The lowest BCUT2D eigenvalue weighted by atomic mass is 10.2. The van der Waals surface area contributed by atoms with Crippen molar-refractivity contribution < 1.29 is 9.47 Å². The molecule has 24 heavy (non-hydrogen) atoms. The number of aromatic amines is 1. The number of halogens is 1. The molecule has 2 N–H and O–H groups in total. The zero-order chi connectivity index (χ0) is 16.9. The van der Waals surface area contributed by atoms with Crippen LogP contribution < -0.4 is 14.8 Å². The molecule has 0 aliphatic rings. The van der Waals surface area contributed by atoms with E-state index in [1.165, 1.54) is 0 Å². The van der Waals surface area contributed by atoms with Gasteiger partial charge in [0.2, 0.25) is 0 Å². The second-order valence-corrected chi connectivity index (χ2v) is 5.85. The Morgan fingerprint density at radius 3 is 2.75 bits per heavy atom. The zero-order valence-electron chi connectivity index (χ0n) is 13.7. The Balaban J connectivity index is 1.57. The molecule has 2 aromatic carbocycles. The van der Waals surface area contributed by atoms with Crippen LogP contribution in [0.2, 0.25) is 5.02 Å². The molecule has 126 valence electrons. The summed E-state index contributed by atoms with van der Waals surface area (Å²) in [6.07, 6.45) is 0.829. The van der Waals surface area contributed by atoms with Gasteiger partial charge in [-0.15, -0.1) is 0 Å². The first-order chi connectivity index (χ1) is 11.7. The van der Waals surface area contributed by atoms with E-state index in [9.17, 15) is 0 Å². The number of nitrogens with one attached hydrogen (secondary N) is 2. The van der Waals surface area contributed by atoms with Gasteiger partial charge < -0.3 is 19.8 Å². The molecule has 0 saturated carbocycles. The highest BCUT2D eigenvalue weighted by molar-refractivity contribution is 6.32. The number of fused-ring (bicyclic) bond motifs is 1. The number of benzene rings is 2. The van der Waals surface area contributed by atoms with Crippen LogP contribution in [-0.2, 0) is 13.0 Å². The minimum Gasteiger partial charge on any atom is -0.493 e. The quantitative estimate of drug-likeness (QED) is 0.643. The van der Waals surface area contributed by atoms with Crippen LogP contribution in [0.3, 0.4) is 0 Å². The van der Waals surface area contributed by atoms with Crippen molar-refractivity contribution >= 4 is 22.6 Å². The van der Waals surface area contributed by atoms with Crippen LogP contribution >= 0.6 is 11.6 Å². The number of imidazole rings is 1. The second kappa shape index (κ2) is 7.55. The van der Waals surface area contributed by atoms with E-state index in [1.54, 1.807) is 14.2 Å². The van der Waals surface area contributed by atoms with Gasteiger partial charge in [0.25, 0.3) is 0 Å². The standard InChI is InChI=1S/C18H20ClN3O2/c1-23-16-10-12(9-13(19)18(16)24-2)11-20-8-7-17-21-14-5-3-4-6-15(14)22-17/h3-6,9-10,20H,7-8,11H2,1-2H3,(H,21,22). The number of hydrogen-bond donors (Lipinski definition) is 2. The van der Waals surface area contributed by atoms with Crippen molar-refractivity contribution in [1.82, 2.24) is 15.3 Å². The minimum absolute atomic E-state index is 0.547. The van der Waals surface area contributed by atoms with Crippen LogP contribution in [0.1, 0.15) is 11.4 Å². The van der Waals surface area contributed by atoms with Gasteiger partial charge in [0.05, 0.1) is 30.3 Å². The molecule has 6 heteroatoms. The zero-order valence-corrected chi connectivity index (χ0v) is 14.5. The van der Waals surface area contributed by atoms with Gasteiger partial charge in [0.15, 0.2) is 11.5 Å². The van der Waals surface area contributed by atoms with E-state index >= 15 is 0 Å². The highest BCUT2D eigenvalue weighted by Gasteiger charge is 2.10. The van der Waals surface area contributed by atoms with Gasteiger partial charge >= 0.3 is 0 Å². The first-order valence-electron chi connectivity index (χ1n) is 7.76. The first kappa shape index (κ1) is 16.6. The first-order valence-corrected chi connectivity index (χ1v) is 8.14. The van der Waals surface area contributed by atoms with Crippen molar-refractivity contribution in [1.29, 1.82) is 0 Å². The number of ether oxygens (including phenoxy) is 2. The van der Waals surface area contributed by atoms with Gasteiger partial charge in [0, 0.05) is 19.5 Å². The summed E-state index contributed by atoms with van der Waals surface area (Å²) < 4.78 is 10.6. The van der Waals surface area contributed by atoms with Gasteiger partial charge in [-0.05, 0) is 29.8 Å². The van der Waals surface area contributed by atoms with Crippen molar-refractivity contribution in [2.24, 2.45) is 0 Å². The van der Waals surface area contributed by atoms with Crippen molar-refractivity contribution in [3.8, 4) is 11.5 Å². The molecule has 0 spiro atoms. The maximum atomic E-state index is 6.22. The summed E-state index contributed by atoms with van der Waals surface area (Å²) in [5, 5.41) is 3.94. The van der Waals surface area contributed by atoms with Gasteiger partial charge in [-0.3, -0.25) is 0 Å². The summed E-state index contributed by atoms with van der Waals surface area (Å²) in [7, 11) is 3.18. The highest BCUT2D eigenvalue weighted by Crippen LogP contribution is 2.35. The summed E-state index contributed by atoms with van der Waals surface area (Å²) >= 11 is 6.22. The molecule has 1 heterocycles. The third-order valence-corrected chi connectivity index (χ3v) is 4.08. The summed E-state index contributed by atoms with van der Waals surface area (Å²) in [6.45, 7) is 1.51. The fourth-order valence-corrected chi connectivity index (χ4v) is 2.95. The van der Waals surface area contributed by atoms with E-state index in [0.717, 1.165) is 35.4 Å². The molecular weight excluding hydrogens is 326 g/mol. The van der Waals surface area contributed by atoms with Crippen LogP contribution in [-0.4, -0.2) is 30.7 Å². The van der Waals surface area contributed by atoms with Crippen LogP contribution in [0.4, 0.5) is 0 Å². The van der Waals surface area contributed by atoms with E-state index in [2.05, 4.69) is 15.3 Å². The van der Waals surface area contributed by atoms with E-state index < -0.39 is 0 Å². The Bertz CT molecular complexity index is 799. The summed E-state index contributed by atoms with van der Waals surface area (Å²) in [5.74, 6) is 2.18. The maximum Gasteiger partial charge on any atom is 0.179 e. The van der Waals surface area contributed by atoms with Crippen molar-refractivity contribution in [3.05, 3.63) is 52.8 Å². The van der Waals surface area contributed by atoms with Gasteiger partial charge in [-0.2, -0.15) is 0 Å². The second-order valence-electron chi connectivity index (χ2n) is 5.44. The SMILES string of the molecule is COc1cc(CNCCc2nc3ccccc3[nH]2)cc(Cl)c1OC. The fraction of sp³-hybridized carbons (Fsp3) is 0.278. The van der Waals surface area contributed by atoms with Crippen molar-refractivity contribution in [2.75, 3.05) is 20.8 Å². The Labute approximate surface area is 146 Å². The Morgan fingerprint density at radius 2 is 2.00 bits per heavy atom. The lowest BCUT2D eigenvalue weighted by Gasteiger charge is -2.12. The summed E-state index contributed by atoms with van der Waals surface area (Å²) in [4.78, 5) is 7.90. The van der Waals surface area contributed by atoms with E-state index in [1.807, 2.05) is 36.4 Å². The largest absolute Gasteiger partial charge is 0.493 e. The van der Waals surface area contributed by atoms with Gasteiger partial charge in [0.1, 0.15) is 5.82 Å². The van der Waals surface area contributed by atoms with Crippen molar-refractivity contribution in [2.45, 2.75) is 13.0 Å². The number of rotatable bonds is 7. The molecule has 1 aromatic heterocycles. The molecule has 5 nitrogen and oxygen atoms in total. The molecule has 0 atom stereocenters. The number of nitrogens with zero attached hydrogens (tertiary/aromatic N) is 1. The fourth-order valence-electron chi connectivity index (χ4n) is 2.64. The van der Waals surface area contributed by atoms with Gasteiger partial charge in [-0.25, -0.2) is 4.98 Å². The van der Waals surface area contributed by atoms with Gasteiger partial charge in [-0.1, -0.05) is 23.7 Å². The predicted molar refractivity (Wildman–Crippen MR) is 96.1 cm³/mol. The summed E-state index contributed by atoms with van der Waals surface area (Å²) in [6, 6.07) is 11.9. The summed E-state index contributed by atoms with van der Waals surface area (Å²) in [5.41, 5.74) is 3.11. The van der Waals surface area contributed by atoms with E-state index in [4.69, 9.17) is 21.1 Å². The molecule has 0 unspecified atom stereocenters. The third-order valence-electron chi connectivity index (χ3n) is 3.80. The average Bonchev–Trinajstić information content (AvgIpc) is 3.01. The molecule has 0 saturated heterocycles. The minimum atomic E-state index is 0.547. The van der Waals surface area contributed by atoms with E-state index in [0.29, 0.717) is 23.1 Å². The van der Waals surface area contributed by atoms with Crippen molar-refractivity contribution in [3.63, 3.8) is 0 Å². The molecule has 0 bridgehead atoms. The average molecular weight is 346 g/mol. The molecule has 3 aromatic rings. The number of para-hydroxylation sites is 2. The van der Waals surface area contributed by atoms with E-state index in [-0.39, 0.29) is 0 Å². The lowest BCUT2D eigenvalue weighted by molar-refractivity contribution is 0.354. The lowest BCUT2D eigenvalue weighted by Crippen LogP contribution is -2.17. The predicted octanol–water partition coefficient (Wildman–Crippen LogP) is 3.57. The third kappa shape index (κ3) is 3.63. The van der Waals surface area contributed by atoms with Crippen LogP contribution in [0.25, 0.3) is 11.0 Å². The number of H-pyrrole nitrogens is 1. The maximum absolute atomic E-state index is 6.22. The number of hydrogen-bond acceptors (Lipinski definition) is 4. The molecule has 3 rings (SSSR count). The topological polar surface area (TPSA) is 59.2 Å². The highest BCUT2D eigenvalue weighted by atomic mass is 35.5. The Hall–Kier alpha value is -2.24. The number of methoxy groups -OCH3 is 2. The monoisotopic (exact) mass is 345 g/mol. The van der Waals surface area contributed by atoms with Crippen LogP contribution in [0.5, 0.6) is 11.5 Å². The smallest absolute Gasteiger partial charge is 0.179 e. The number of aromatic nitrogens is 2. The van der Waals surface area contributed by atoms with Crippen LogP contribution in [0.15, 0.2) is 36.4 Å². The molecule has 0 radical (unpaired) electrons. The molecule has 0 fully saturated rings. The molecule has 0 aliphatic heterocycles. The Kier molecular flexibility index (Phi) is 5.23. The molecule has 0 aliphatic carbocycles.